The topological polar surface area (TPSA) is 17.1 Å². The number of halogens is 2. The first-order chi connectivity index (χ1) is 7.63. The van der Waals surface area contributed by atoms with Crippen LogP contribution in [0.15, 0.2) is 18.2 Å². The van der Waals surface area contributed by atoms with Crippen LogP contribution in [-0.4, -0.2) is 5.78 Å². The molecule has 0 aromatic heterocycles. The second kappa shape index (κ2) is 4.73. The first-order valence-corrected chi connectivity index (χ1v) is 5.60. The van der Waals surface area contributed by atoms with Crippen LogP contribution in [-0.2, 0) is 11.2 Å². The van der Waals surface area contributed by atoms with Crippen LogP contribution in [0.3, 0.4) is 0 Å². The molecule has 0 aliphatic heterocycles. The summed E-state index contributed by atoms with van der Waals surface area (Å²) < 4.78 is 25.7. The van der Waals surface area contributed by atoms with Gasteiger partial charge < -0.3 is 0 Å². The summed E-state index contributed by atoms with van der Waals surface area (Å²) in [6.45, 7) is 0. The van der Waals surface area contributed by atoms with Gasteiger partial charge in [-0.05, 0) is 23.6 Å². The van der Waals surface area contributed by atoms with E-state index in [1.165, 1.54) is 18.6 Å². The number of ketones is 1. The van der Waals surface area contributed by atoms with Gasteiger partial charge in [-0.2, -0.15) is 0 Å². The summed E-state index contributed by atoms with van der Waals surface area (Å²) in [6, 6.07) is 3.27. The van der Waals surface area contributed by atoms with Crippen molar-refractivity contribution in [3.05, 3.63) is 35.4 Å². The van der Waals surface area contributed by atoms with Crippen LogP contribution in [0, 0.1) is 17.6 Å². The molecule has 86 valence electrons. The minimum Gasteiger partial charge on any atom is -0.299 e. The fraction of sp³-hybridized carbons (Fsp3) is 0.462. The Bertz CT molecular complexity index is 377. The Labute approximate surface area is 93.5 Å². The Hall–Kier alpha value is -1.25. The molecule has 0 radical (unpaired) electrons. The third kappa shape index (κ3) is 2.87. The molecular formula is C13H14F2O. The summed E-state index contributed by atoms with van der Waals surface area (Å²) in [4.78, 5) is 11.6. The molecule has 2 rings (SSSR count). The Morgan fingerprint density at radius 3 is 2.31 bits per heavy atom. The van der Waals surface area contributed by atoms with Crippen LogP contribution in [0.4, 0.5) is 8.78 Å². The maximum absolute atomic E-state index is 12.9. The molecule has 1 aliphatic rings. The van der Waals surface area contributed by atoms with Gasteiger partial charge in [-0.1, -0.05) is 19.3 Å². The van der Waals surface area contributed by atoms with Crippen molar-refractivity contribution in [1.82, 2.24) is 0 Å². The van der Waals surface area contributed by atoms with Gasteiger partial charge in [0.2, 0.25) is 0 Å². The number of hydrogen-bond donors (Lipinski definition) is 0. The van der Waals surface area contributed by atoms with E-state index in [-0.39, 0.29) is 12.2 Å². The number of carbonyl (C=O) groups excluding carboxylic acids is 1. The molecule has 0 spiro atoms. The molecule has 1 aliphatic carbocycles. The Kier molecular flexibility index (Phi) is 3.32. The summed E-state index contributed by atoms with van der Waals surface area (Å²) in [5.41, 5.74) is 0.432. The number of carbonyl (C=O) groups is 1. The highest BCUT2D eigenvalue weighted by Gasteiger charge is 2.20. The van der Waals surface area contributed by atoms with E-state index >= 15 is 0 Å². The molecule has 0 bridgehead atoms. The summed E-state index contributed by atoms with van der Waals surface area (Å²) in [5, 5.41) is 0. The van der Waals surface area contributed by atoms with Crippen molar-refractivity contribution < 1.29 is 13.6 Å². The highest BCUT2D eigenvalue weighted by molar-refractivity contribution is 5.81. The van der Waals surface area contributed by atoms with Crippen molar-refractivity contribution >= 4 is 5.78 Å². The average molecular weight is 224 g/mol. The van der Waals surface area contributed by atoms with Crippen molar-refractivity contribution in [2.75, 3.05) is 0 Å². The Morgan fingerprint density at radius 1 is 1.19 bits per heavy atom. The Balaban J connectivity index is 1.94. The molecule has 0 saturated heterocycles. The fourth-order valence-electron chi connectivity index (χ4n) is 2.03. The number of Topliss-reactive ketones (excluding diaryl/α,β-unsaturated/α-hetero) is 1. The SMILES string of the molecule is O=C(Cc1cc(F)cc(F)c1)CC1CCC1. The summed E-state index contributed by atoms with van der Waals surface area (Å²) in [7, 11) is 0. The molecule has 1 nitrogen and oxygen atoms in total. The van der Waals surface area contributed by atoms with Gasteiger partial charge in [-0.25, -0.2) is 8.78 Å². The molecule has 1 aromatic rings. The molecule has 1 saturated carbocycles. The van der Waals surface area contributed by atoms with E-state index < -0.39 is 11.6 Å². The van der Waals surface area contributed by atoms with Gasteiger partial charge in [-0.15, -0.1) is 0 Å². The van der Waals surface area contributed by atoms with E-state index in [2.05, 4.69) is 0 Å². The molecule has 1 fully saturated rings. The monoisotopic (exact) mass is 224 g/mol. The minimum absolute atomic E-state index is 0.0784. The molecule has 0 amide bonds. The summed E-state index contributed by atoms with van der Waals surface area (Å²) >= 11 is 0. The van der Waals surface area contributed by atoms with Gasteiger partial charge in [-0.3, -0.25) is 4.79 Å². The second-order valence-corrected chi connectivity index (χ2v) is 4.49. The summed E-state index contributed by atoms with van der Waals surface area (Å²) in [5.74, 6) is -0.654. The van der Waals surface area contributed by atoms with Gasteiger partial charge in [0, 0.05) is 18.9 Å². The zero-order valence-corrected chi connectivity index (χ0v) is 9.01. The lowest BCUT2D eigenvalue weighted by Gasteiger charge is -2.24. The van der Waals surface area contributed by atoms with Crippen LogP contribution in [0.1, 0.15) is 31.2 Å². The number of hydrogen-bond acceptors (Lipinski definition) is 1. The zero-order chi connectivity index (χ0) is 11.5. The van der Waals surface area contributed by atoms with Crippen molar-refractivity contribution in [2.45, 2.75) is 32.1 Å². The number of rotatable bonds is 4. The first-order valence-electron chi connectivity index (χ1n) is 5.60. The minimum atomic E-state index is -0.619. The van der Waals surface area contributed by atoms with Crippen LogP contribution >= 0.6 is 0 Å². The normalized spacial score (nSPS) is 15.9. The maximum atomic E-state index is 12.9. The molecule has 0 heterocycles. The summed E-state index contributed by atoms with van der Waals surface area (Å²) in [6.07, 6.45) is 4.13. The van der Waals surface area contributed by atoms with Gasteiger partial charge in [0.05, 0.1) is 0 Å². The smallest absolute Gasteiger partial charge is 0.137 e. The lowest BCUT2D eigenvalue weighted by atomic mass is 9.81. The van der Waals surface area contributed by atoms with Gasteiger partial charge in [0.25, 0.3) is 0 Å². The van der Waals surface area contributed by atoms with Crippen LogP contribution in [0.25, 0.3) is 0 Å². The fourth-order valence-corrected chi connectivity index (χ4v) is 2.03. The van der Waals surface area contributed by atoms with E-state index in [1.54, 1.807) is 0 Å². The van der Waals surface area contributed by atoms with Crippen molar-refractivity contribution in [3.8, 4) is 0 Å². The highest BCUT2D eigenvalue weighted by Crippen LogP contribution is 2.29. The van der Waals surface area contributed by atoms with Gasteiger partial charge >= 0.3 is 0 Å². The second-order valence-electron chi connectivity index (χ2n) is 4.49. The third-order valence-corrected chi connectivity index (χ3v) is 3.06. The van der Waals surface area contributed by atoms with E-state index in [9.17, 15) is 13.6 Å². The lowest BCUT2D eigenvalue weighted by Crippen LogP contribution is -2.17. The molecule has 16 heavy (non-hydrogen) atoms. The molecule has 0 N–H and O–H groups in total. The third-order valence-electron chi connectivity index (χ3n) is 3.06. The van der Waals surface area contributed by atoms with E-state index in [4.69, 9.17) is 0 Å². The molecule has 0 unspecified atom stereocenters. The lowest BCUT2D eigenvalue weighted by molar-refractivity contribution is -0.119. The molecular weight excluding hydrogens is 210 g/mol. The highest BCUT2D eigenvalue weighted by atomic mass is 19.1. The standard InChI is InChI=1S/C13H14F2O/c14-11-4-10(5-12(15)8-11)7-13(16)6-9-2-1-3-9/h4-5,8-9H,1-3,6-7H2. The van der Waals surface area contributed by atoms with E-state index in [1.807, 2.05) is 0 Å². The van der Waals surface area contributed by atoms with Crippen molar-refractivity contribution in [3.63, 3.8) is 0 Å². The molecule has 0 atom stereocenters. The van der Waals surface area contributed by atoms with Crippen LogP contribution < -0.4 is 0 Å². The van der Waals surface area contributed by atoms with Gasteiger partial charge in [0.1, 0.15) is 17.4 Å². The predicted molar refractivity (Wildman–Crippen MR) is 57.0 cm³/mol. The quantitative estimate of drug-likeness (QED) is 0.767. The largest absolute Gasteiger partial charge is 0.299 e. The predicted octanol–water partition coefficient (Wildman–Crippen LogP) is 3.27. The van der Waals surface area contributed by atoms with E-state index in [0.717, 1.165) is 18.9 Å². The Morgan fingerprint density at radius 2 is 1.81 bits per heavy atom. The molecule has 3 heteroatoms. The van der Waals surface area contributed by atoms with Crippen molar-refractivity contribution in [2.24, 2.45) is 5.92 Å². The van der Waals surface area contributed by atoms with Crippen LogP contribution in [0.5, 0.6) is 0 Å². The van der Waals surface area contributed by atoms with Crippen molar-refractivity contribution in [1.29, 1.82) is 0 Å². The van der Waals surface area contributed by atoms with Gasteiger partial charge in [0.15, 0.2) is 0 Å². The number of benzene rings is 1. The molecule has 1 aromatic carbocycles. The average Bonchev–Trinajstić information content (AvgIpc) is 2.09. The van der Waals surface area contributed by atoms with E-state index in [0.29, 0.717) is 17.9 Å². The van der Waals surface area contributed by atoms with Crippen LogP contribution in [0.2, 0.25) is 0 Å². The zero-order valence-electron chi connectivity index (χ0n) is 9.01. The first kappa shape index (κ1) is 11.2. The maximum Gasteiger partial charge on any atom is 0.137 e.